The number of likely N-dealkylation sites (tertiary alicyclic amines) is 1. The average Bonchev–Trinajstić information content (AvgIpc) is 2.96. The van der Waals surface area contributed by atoms with E-state index in [2.05, 4.69) is 17.0 Å². The topological polar surface area (TPSA) is 85.2 Å². The molecule has 0 aliphatic carbocycles. The molecule has 2 rings (SSSR count). The van der Waals surface area contributed by atoms with Crippen LogP contribution in [0.25, 0.3) is 0 Å². The summed E-state index contributed by atoms with van der Waals surface area (Å²) >= 11 is 6.07. The molecule has 0 aromatic heterocycles. The minimum absolute atomic E-state index is 0.0658. The number of nitrogens with one attached hydrogen (secondary N) is 2. The Morgan fingerprint density at radius 2 is 2.26 bits per heavy atom. The lowest BCUT2D eigenvalue weighted by Gasteiger charge is -2.15. The lowest BCUT2D eigenvalue weighted by atomic mass is 10.3. The van der Waals surface area contributed by atoms with Gasteiger partial charge in [-0.3, -0.25) is 0 Å². The van der Waals surface area contributed by atoms with Crippen LogP contribution in [-0.4, -0.2) is 39.0 Å². The number of anilines is 1. The standard InChI is InChI=1S/C15H21ClN4O2S/c1-2-3-7-18-12-4-5-14(16)15(9-12)23(21,22)19-13-6-8-20(10-13)11-17/h4-5,9,13,18-19H,2-3,6-8,10H2,1H3/t13-/m1/s1. The van der Waals surface area contributed by atoms with E-state index in [-0.39, 0.29) is 16.0 Å². The van der Waals surface area contributed by atoms with Crippen molar-refractivity contribution < 1.29 is 8.42 Å². The lowest BCUT2D eigenvalue weighted by molar-refractivity contribution is 0.470. The van der Waals surface area contributed by atoms with Gasteiger partial charge < -0.3 is 10.2 Å². The smallest absolute Gasteiger partial charge is 0.242 e. The molecule has 2 N–H and O–H groups in total. The van der Waals surface area contributed by atoms with Gasteiger partial charge in [0.05, 0.1) is 5.02 Å². The third-order valence-corrected chi connectivity index (χ3v) is 5.73. The van der Waals surface area contributed by atoms with E-state index in [1.54, 1.807) is 18.2 Å². The molecule has 1 aromatic rings. The molecule has 1 saturated heterocycles. The second-order valence-corrected chi connectivity index (χ2v) is 7.67. The zero-order chi connectivity index (χ0) is 16.9. The van der Waals surface area contributed by atoms with Crippen LogP contribution < -0.4 is 10.0 Å². The lowest BCUT2D eigenvalue weighted by Crippen LogP contribution is -2.36. The summed E-state index contributed by atoms with van der Waals surface area (Å²) in [7, 11) is -3.72. The number of hydrogen-bond donors (Lipinski definition) is 2. The van der Waals surface area contributed by atoms with Gasteiger partial charge in [-0.15, -0.1) is 0 Å². The van der Waals surface area contributed by atoms with Gasteiger partial charge in [0.25, 0.3) is 0 Å². The van der Waals surface area contributed by atoms with Gasteiger partial charge >= 0.3 is 0 Å². The summed E-state index contributed by atoms with van der Waals surface area (Å²) in [6.45, 7) is 3.83. The van der Waals surface area contributed by atoms with Crippen LogP contribution in [0.5, 0.6) is 0 Å². The number of sulfonamides is 1. The molecule has 1 heterocycles. The second-order valence-electron chi connectivity index (χ2n) is 5.58. The van der Waals surface area contributed by atoms with Crippen molar-refractivity contribution in [2.75, 3.05) is 25.0 Å². The number of rotatable bonds is 7. The highest BCUT2D eigenvalue weighted by Crippen LogP contribution is 2.26. The Morgan fingerprint density at radius 1 is 1.48 bits per heavy atom. The normalized spacial score (nSPS) is 18.0. The molecule has 1 atom stereocenters. The summed E-state index contributed by atoms with van der Waals surface area (Å²) in [6.07, 6.45) is 4.71. The predicted octanol–water partition coefficient (Wildman–Crippen LogP) is 2.39. The van der Waals surface area contributed by atoms with Gasteiger partial charge in [0.1, 0.15) is 4.90 Å². The molecule has 0 amide bonds. The van der Waals surface area contributed by atoms with E-state index < -0.39 is 10.0 Å². The highest BCUT2D eigenvalue weighted by atomic mass is 35.5. The summed E-state index contributed by atoms with van der Waals surface area (Å²) in [4.78, 5) is 1.61. The van der Waals surface area contributed by atoms with E-state index in [1.807, 2.05) is 6.19 Å². The number of nitrogens with zero attached hydrogens (tertiary/aromatic N) is 2. The van der Waals surface area contributed by atoms with Crippen molar-refractivity contribution in [1.29, 1.82) is 5.26 Å². The van der Waals surface area contributed by atoms with E-state index in [0.29, 0.717) is 19.5 Å². The van der Waals surface area contributed by atoms with E-state index in [4.69, 9.17) is 16.9 Å². The maximum absolute atomic E-state index is 12.6. The zero-order valence-electron chi connectivity index (χ0n) is 13.0. The molecular weight excluding hydrogens is 336 g/mol. The van der Waals surface area contributed by atoms with Crippen LogP contribution in [0.3, 0.4) is 0 Å². The van der Waals surface area contributed by atoms with Crippen molar-refractivity contribution in [3.8, 4) is 6.19 Å². The Bertz CT molecular complexity index is 687. The van der Waals surface area contributed by atoms with Gasteiger partial charge in [-0.2, -0.15) is 5.26 Å². The van der Waals surface area contributed by atoms with Crippen molar-refractivity contribution in [2.24, 2.45) is 0 Å². The fraction of sp³-hybridized carbons (Fsp3) is 0.533. The van der Waals surface area contributed by atoms with Crippen molar-refractivity contribution in [1.82, 2.24) is 9.62 Å². The largest absolute Gasteiger partial charge is 0.385 e. The summed E-state index contributed by atoms with van der Waals surface area (Å²) in [5, 5.41) is 12.2. The van der Waals surface area contributed by atoms with Crippen LogP contribution in [0, 0.1) is 11.5 Å². The second kappa shape index (κ2) is 7.86. The molecule has 1 fully saturated rings. The molecule has 0 unspecified atom stereocenters. The molecule has 23 heavy (non-hydrogen) atoms. The number of nitriles is 1. The van der Waals surface area contributed by atoms with Gasteiger partial charge in [0, 0.05) is 31.4 Å². The van der Waals surface area contributed by atoms with E-state index >= 15 is 0 Å². The molecule has 1 aliphatic heterocycles. The van der Waals surface area contributed by atoms with Crippen LogP contribution >= 0.6 is 11.6 Å². The molecular formula is C15H21ClN4O2S. The minimum atomic E-state index is -3.72. The Kier molecular flexibility index (Phi) is 6.10. The highest BCUT2D eigenvalue weighted by molar-refractivity contribution is 7.89. The molecule has 0 spiro atoms. The van der Waals surface area contributed by atoms with Crippen molar-refractivity contribution >= 4 is 27.3 Å². The monoisotopic (exact) mass is 356 g/mol. The number of unbranched alkanes of at least 4 members (excludes halogenated alkanes) is 1. The van der Waals surface area contributed by atoms with Gasteiger partial charge in [0.15, 0.2) is 6.19 Å². The molecule has 1 aromatic carbocycles. The van der Waals surface area contributed by atoms with E-state index in [9.17, 15) is 8.42 Å². The number of benzene rings is 1. The summed E-state index contributed by atoms with van der Waals surface area (Å²) in [5.41, 5.74) is 0.730. The molecule has 0 bridgehead atoms. The third-order valence-electron chi connectivity index (χ3n) is 3.73. The van der Waals surface area contributed by atoms with Gasteiger partial charge in [-0.05, 0) is 31.0 Å². The average molecular weight is 357 g/mol. The van der Waals surface area contributed by atoms with Gasteiger partial charge in [0.2, 0.25) is 10.0 Å². The van der Waals surface area contributed by atoms with Crippen LogP contribution in [0.1, 0.15) is 26.2 Å². The predicted molar refractivity (Wildman–Crippen MR) is 90.8 cm³/mol. The highest BCUT2D eigenvalue weighted by Gasteiger charge is 2.28. The van der Waals surface area contributed by atoms with Crippen molar-refractivity contribution in [3.05, 3.63) is 23.2 Å². The Balaban J connectivity index is 2.12. The first kappa shape index (κ1) is 17.9. The van der Waals surface area contributed by atoms with Crippen molar-refractivity contribution in [3.63, 3.8) is 0 Å². The minimum Gasteiger partial charge on any atom is -0.385 e. The molecule has 126 valence electrons. The number of hydrogen-bond acceptors (Lipinski definition) is 5. The maximum Gasteiger partial charge on any atom is 0.242 e. The first-order valence-electron chi connectivity index (χ1n) is 7.66. The third kappa shape index (κ3) is 4.74. The van der Waals surface area contributed by atoms with Crippen LogP contribution in [0.2, 0.25) is 5.02 Å². The molecule has 6 nitrogen and oxygen atoms in total. The fourth-order valence-electron chi connectivity index (χ4n) is 2.46. The molecule has 1 aliphatic rings. The SMILES string of the molecule is CCCCNc1ccc(Cl)c(S(=O)(=O)N[C@@H]2CCN(C#N)C2)c1. The maximum atomic E-state index is 12.6. The van der Waals surface area contributed by atoms with E-state index in [1.165, 1.54) is 4.90 Å². The van der Waals surface area contributed by atoms with Crippen LogP contribution in [-0.2, 0) is 10.0 Å². The van der Waals surface area contributed by atoms with Gasteiger partial charge in [-0.25, -0.2) is 13.1 Å². The van der Waals surface area contributed by atoms with Crippen LogP contribution in [0.4, 0.5) is 5.69 Å². The van der Waals surface area contributed by atoms with Crippen molar-refractivity contribution in [2.45, 2.75) is 37.1 Å². The molecule has 0 radical (unpaired) electrons. The fourth-order valence-corrected chi connectivity index (χ4v) is 4.25. The molecule has 8 heteroatoms. The first-order chi connectivity index (χ1) is 11.0. The summed E-state index contributed by atoms with van der Waals surface area (Å²) in [6, 6.07) is 4.63. The van der Waals surface area contributed by atoms with Crippen LogP contribution in [0.15, 0.2) is 23.1 Å². The molecule has 0 saturated carbocycles. The Morgan fingerprint density at radius 3 is 2.91 bits per heavy atom. The quantitative estimate of drug-likeness (QED) is 0.578. The summed E-state index contributed by atoms with van der Waals surface area (Å²) < 4.78 is 27.8. The first-order valence-corrected chi connectivity index (χ1v) is 9.53. The zero-order valence-corrected chi connectivity index (χ0v) is 14.6. The Labute approximate surface area is 142 Å². The summed E-state index contributed by atoms with van der Waals surface area (Å²) in [5.74, 6) is 0. The van der Waals surface area contributed by atoms with E-state index in [0.717, 1.165) is 25.1 Å². The van der Waals surface area contributed by atoms with Gasteiger partial charge in [-0.1, -0.05) is 24.9 Å². The number of halogens is 1. The Hall–Kier alpha value is -1.49.